The molecular weight excluding hydrogens is 398 g/mol. The Morgan fingerprint density at radius 1 is 0.967 bits per heavy atom. The van der Waals surface area contributed by atoms with Gasteiger partial charge in [-0.2, -0.15) is 0 Å². The van der Waals surface area contributed by atoms with E-state index in [2.05, 4.69) is 16.0 Å². The number of benzene rings is 2. The van der Waals surface area contributed by atoms with Crippen molar-refractivity contribution in [2.75, 3.05) is 5.32 Å². The van der Waals surface area contributed by atoms with Gasteiger partial charge in [-0.25, -0.2) is 0 Å². The van der Waals surface area contributed by atoms with Crippen LogP contribution in [0.2, 0.25) is 0 Å². The van der Waals surface area contributed by atoms with Crippen molar-refractivity contribution in [2.24, 2.45) is 0 Å². The molecule has 0 aliphatic rings. The molecule has 30 heavy (non-hydrogen) atoms. The van der Waals surface area contributed by atoms with Gasteiger partial charge in [-0.05, 0) is 81.4 Å². The Bertz CT molecular complexity index is 884. The lowest BCUT2D eigenvalue weighted by Crippen LogP contribution is -2.34. The van der Waals surface area contributed by atoms with Gasteiger partial charge < -0.3 is 15.4 Å². The number of carbonyl (C=O) groups excluding carboxylic acids is 2. The predicted octanol–water partition coefficient (Wildman–Crippen LogP) is 4.52. The third kappa shape index (κ3) is 7.15. The third-order valence-corrected chi connectivity index (χ3v) is 4.83. The Morgan fingerprint density at radius 2 is 1.67 bits per heavy atom. The summed E-state index contributed by atoms with van der Waals surface area (Å²) in [6.07, 6.45) is 1.87. The summed E-state index contributed by atoms with van der Waals surface area (Å²) < 4.78 is 5.72. The molecule has 0 saturated carbocycles. The van der Waals surface area contributed by atoms with Crippen LogP contribution >= 0.6 is 12.2 Å². The van der Waals surface area contributed by atoms with E-state index in [1.165, 1.54) is 0 Å². The van der Waals surface area contributed by atoms with Crippen LogP contribution in [-0.4, -0.2) is 29.1 Å². The zero-order valence-corrected chi connectivity index (χ0v) is 18.6. The molecule has 6 nitrogen and oxygen atoms in total. The highest BCUT2D eigenvalue weighted by molar-refractivity contribution is 7.80. The minimum Gasteiger partial charge on any atom is -0.491 e. The normalized spacial score (nSPS) is 12.4. The molecule has 7 heteroatoms. The maximum atomic E-state index is 12.4. The van der Waals surface area contributed by atoms with Gasteiger partial charge in [0.1, 0.15) is 5.75 Å². The third-order valence-electron chi connectivity index (χ3n) is 4.63. The minimum absolute atomic E-state index is 0.0939. The second-order valence-electron chi connectivity index (χ2n) is 7.13. The second-order valence-corrected chi connectivity index (χ2v) is 7.54. The molecule has 0 aliphatic carbocycles. The van der Waals surface area contributed by atoms with Gasteiger partial charge in [-0.1, -0.05) is 19.9 Å². The summed E-state index contributed by atoms with van der Waals surface area (Å²) in [7, 11) is 0. The topological polar surface area (TPSA) is 79.5 Å². The molecule has 0 fully saturated rings. The van der Waals surface area contributed by atoms with Crippen molar-refractivity contribution in [3.8, 4) is 5.75 Å². The van der Waals surface area contributed by atoms with Gasteiger partial charge in [-0.3, -0.25) is 14.9 Å². The maximum absolute atomic E-state index is 12.4. The average molecular weight is 428 g/mol. The highest BCUT2D eigenvalue weighted by atomic mass is 32.1. The zero-order chi connectivity index (χ0) is 22.1. The van der Waals surface area contributed by atoms with E-state index in [4.69, 9.17) is 17.0 Å². The fourth-order valence-electron chi connectivity index (χ4n) is 2.49. The molecule has 0 heterocycles. The molecule has 2 atom stereocenters. The van der Waals surface area contributed by atoms with E-state index in [0.717, 1.165) is 12.8 Å². The fourth-order valence-corrected chi connectivity index (χ4v) is 2.70. The van der Waals surface area contributed by atoms with E-state index in [-0.39, 0.29) is 29.1 Å². The molecule has 2 rings (SSSR count). The van der Waals surface area contributed by atoms with Crippen molar-refractivity contribution in [3.05, 3.63) is 59.7 Å². The second kappa shape index (κ2) is 11.3. The summed E-state index contributed by atoms with van der Waals surface area (Å²) >= 11 is 5.24. The monoisotopic (exact) mass is 427 g/mol. The van der Waals surface area contributed by atoms with Crippen LogP contribution in [-0.2, 0) is 0 Å². The summed E-state index contributed by atoms with van der Waals surface area (Å²) in [5.74, 6) is 0.241. The molecule has 2 unspecified atom stereocenters. The molecule has 0 radical (unpaired) electrons. The van der Waals surface area contributed by atoms with Gasteiger partial charge in [-0.15, -0.1) is 0 Å². The lowest BCUT2D eigenvalue weighted by Gasteiger charge is -2.14. The highest BCUT2D eigenvalue weighted by Crippen LogP contribution is 2.15. The Morgan fingerprint density at radius 3 is 2.30 bits per heavy atom. The molecule has 2 aromatic carbocycles. The first-order chi connectivity index (χ1) is 14.3. The number of amides is 2. The van der Waals surface area contributed by atoms with Crippen molar-refractivity contribution in [3.63, 3.8) is 0 Å². The number of rotatable bonds is 8. The van der Waals surface area contributed by atoms with Crippen LogP contribution < -0.4 is 20.7 Å². The van der Waals surface area contributed by atoms with E-state index in [1.807, 2.05) is 27.7 Å². The van der Waals surface area contributed by atoms with Crippen molar-refractivity contribution in [2.45, 2.75) is 52.7 Å². The number of thiocarbonyl (C=S) groups is 1. The Kier molecular flexibility index (Phi) is 8.80. The summed E-state index contributed by atoms with van der Waals surface area (Å²) in [4.78, 5) is 24.7. The number of nitrogens with one attached hydrogen (secondary N) is 3. The van der Waals surface area contributed by atoms with Crippen LogP contribution in [0, 0.1) is 0 Å². The van der Waals surface area contributed by atoms with E-state index < -0.39 is 0 Å². The zero-order valence-electron chi connectivity index (χ0n) is 17.8. The van der Waals surface area contributed by atoms with Crippen molar-refractivity contribution in [1.29, 1.82) is 0 Å². The molecule has 2 amide bonds. The van der Waals surface area contributed by atoms with Crippen molar-refractivity contribution in [1.82, 2.24) is 10.6 Å². The number of hydrogen-bond donors (Lipinski definition) is 3. The molecule has 0 spiro atoms. The summed E-state index contributed by atoms with van der Waals surface area (Å²) in [5, 5.41) is 8.66. The minimum atomic E-state index is -0.326. The van der Waals surface area contributed by atoms with Crippen LogP contribution in [0.15, 0.2) is 48.5 Å². The van der Waals surface area contributed by atoms with Crippen LogP contribution in [0.4, 0.5) is 5.69 Å². The Labute approximate surface area is 183 Å². The van der Waals surface area contributed by atoms with E-state index >= 15 is 0 Å². The molecule has 0 bridgehead atoms. The quantitative estimate of drug-likeness (QED) is 0.540. The smallest absolute Gasteiger partial charge is 0.257 e. The highest BCUT2D eigenvalue weighted by Gasteiger charge is 2.11. The van der Waals surface area contributed by atoms with Crippen LogP contribution in [0.3, 0.4) is 0 Å². The van der Waals surface area contributed by atoms with Gasteiger partial charge in [0.2, 0.25) is 0 Å². The standard InChI is InChI=1S/C23H29N3O3S/c1-5-15(3)24-22(28)18-8-7-9-19(14-18)25-23(30)26-21(27)17-10-12-20(13-11-17)29-16(4)6-2/h7-16H,5-6H2,1-4H3,(H,24,28)(H2,25,26,27,30). The first-order valence-electron chi connectivity index (χ1n) is 10.1. The van der Waals surface area contributed by atoms with Crippen LogP contribution in [0.25, 0.3) is 0 Å². The largest absolute Gasteiger partial charge is 0.491 e. The lowest BCUT2D eigenvalue weighted by molar-refractivity contribution is 0.0937. The van der Waals surface area contributed by atoms with Gasteiger partial charge in [0, 0.05) is 22.9 Å². The van der Waals surface area contributed by atoms with E-state index in [9.17, 15) is 9.59 Å². The number of hydrogen-bond acceptors (Lipinski definition) is 4. The van der Waals surface area contributed by atoms with Crippen LogP contribution in [0.1, 0.15) is 61.3 Å². The summed E-state index contributed by atoms with van der Waals surface area (Å²) in [5.41, 5.74) is 1.61. The molecule has 3 N–H and O–H groups in total. The average Bonchev–Trinajstić information content (AvgIpc) is 2.73. The predicted molar refractivity (Wildman–Crippen MR) is 124 cm³/mol. The summed E-state index contributed by atoms with van der Waals surface area (Å²) in [6, 6.07) is 14.0. The number of carbonyl (C=O) groups is 2. The molecule has 0 aromatic heterocycles. The van der Waals surface area contributed by atoms with Gasteiger partial charge >= 0.3 is 0 Å². The van der Waals surface area contributed by atoms with E-state index in [1.54, 1.807) is 48.5 Å². The van der Waals surface area contributed by atoms with Gasteiger partial charge in [0.05, 0.1) is 6.10 Å². The lowest BCUT2D eigenvalue weighted by atomic mass is 10.1. The van der Waals surface area contributed by atoms with Crippen molar-refractivity contribution >= 4 is 34.8 Å². The fraction of sp³-hybridized carbons (Fsp3) is 0.348. The van der Waals surface area contributed by atoms with Gasteiger partial charge in [0.25, 0.3) is 11.8 Å². The number of anilines is 1. The Hall–Kier alpha value is -2.93. The first kappa shape index (κ1) is 23.3. The summed E-state index contributed by atoms with van der Waals surface area (Å²) in [6.45, 7) is 8.01. The number of ether oxygens (including phenoxy) is 1. The molecular formula is C23H29N3O3S. The first-order valence-corrected chi connectivity index (χ1v) is 10.5. The Balaban J connectivity index is 1.94. The molecule has 160 valence electrons. The molecule has 0 aliphatic heterocycles. The maximum Gasteiger partial charge on any atom is 0.257 e. The van der Waals surface area contributed by atoms with E-state index in [0.29, 0.717) is 22.6 Å². The van der Waals surface area contributed by atoms with Gasteiger partial charge in [0.15, 0.2) is 5.11 Å². The molecule has 2 aromatic rings. The SMILES string of the molecule is CCC(C)NC(=O)c1cccc(NC(=S)NC(=O)c2ccc(OC(C)CC)cc2)c1. The van der Waals surface area contributed by atoms with Crippen LogP contribution in [0.5, 0.6) is 5.75 Å². The van der Waals surface area contributed by atoms with Crippen molar-refractivity contribution < 1.29 is 14.3 Å². The molecule has 0 saturated heterocycles.